The molecule has 0 unspecified atom stereocenters. The van der Waals surface area contributed by atoms with E-state index in [1.165, 1.54) is 55.6 Å². The average Bonchev–Trinajstić information content (AvgIpc) is 3.55. The fraction of sp³-hybridized carbons (Fsp3) is 0.0370. The molecular weight excluding hydrogens is 677 g/mol. The van der Waals surface area contributed by atoms with Crippen molar-refractivity contribution in [3.05, 3.63) is 253 Å². The molecule has 1 aliphatic carbocycles. The van der Waals surface area contributed by atoms with Crippen LogP contribution in [0.5, 0.6) is 0 Å². The van der Waals surface area contributed by atoms with Crippen molar-refractivity contribution in [2.24, 2.45) is 0 Å². The van der Waals surface area contributed by atoms with Crippen molar-refractivity contribution in [1.82, 2.24) is 0 Å². The molecule has 0 radical (unpaired) electrons. The van der Waals surface area contributed by atoms with Crippen molar-refractivity contribution >= 4 is 22.7 Å². The minimum atomic E-state index is -0.581. The predicted molar refractivity (Wildman–Crippen MR) is 237 cm³/mol. The van der Waals surface area contributed by atoms with Gasteiger partial charge < -0.3 is 10.2 Å². The number of benzene rings is 8. The Morgan fingerprint density at radius 1 is 0.464 bits per heavy atom. The highest BCUT2D eigenvalue weighted by atomic mass is 15.1. The van der Waals surface area contributed by atoms with Gasteiger partial charge in [-0.3, -0.25) is 0 Å². The van der Waals surface area contributed by atoms with E-state index in [0.29, 0.717) is 0 Å². The van der Waals surface area contributed by atoms with Gasteiger partial charge in [-0.2, -0.15) is 0 Å². The molecule has 1 aliphatic rings. The Morgan fingerprint density at radius 2 is 0.875 bits per heavy atom. The molecule has 0 aromatic heterocycles. The maximum Gasteiger partial charge on any atom is 0.0715 e. The topological polar surface area (TPSA) is 15.3 Å². The Kier molecular flexibility index (Phi) is 9.23. The van der Waals surface area contributed by atoms with Crippen molar-refractivity contribution < 1.29 is 0 Å². The SMILES string of the molecule is C=C(/C=C\C)Nc1ccc2c(c1)C(c1ccccc1)(c1ccccc1)c1cc(N(c3ccc(-c4ccccc4)cc3)c3ccc(-c4ccccc4)cc3)ccc1-2. The lowest BCUT2D eigenvalue weighted by Gasteiger charge is -2.35. The van der Waals surface area contributed by atoms with E-state index in [1.54, 1.807) is 0 Å². The number of anilines is 4. The second-order valence-corrected chi connectivity index (χ2v) is 14.3. The van der Waals surface area contributed by atoms with Crippen molar-refractivity contribution in [3.8, 4) is 33.4 Å². The Hall–Kier alpha value is -7.16. The van der Waals surface area contributed by atoms with Crippen LogP contribution in [0.15, 0.2) is 231 Å². The molecule has 0 heterocycles. The smallest absolute Gasteiger partial charge is 0.0715 e. The molecule has 0 aliphatic heterocycles. The lowest BCUT2D eigenvalue weighted by atomic mass is 9.67. The summed E-state index contributed by atoms with van der Waals surface area (Å²) in [6.07, 6.45) is 4.01. The molecule has 2 nitrogen and oxygen atoms in total. The van der Waals surface area contributed by atoms with E-state index in [2.05, 4.69) is 223 Å². The largest absolute Gasteiger partial charge is 0.356 e. The number of nitrogens with zero attached hydrogens (tertiary/aromatic N) is 1. The number of allylic oxidation sites excluding steroid dienone is 2. The first-order chi connectivity index (χ1) is 27.6. The summed E-state index contributed by atoms with van der Waals surface area (Å²) < 4.78 is 0. The third-order valence-electron chi connectivity index (χ3n) is 10.9. The zero-order valence-electron chi connectivity index (χ0n) is 31.4. The van der Waals surface area contributed by atoms with Gasteiger partial charge in [-0.05, 0) is 117 Å². The van der Waals surface area contributed by atoms with Crippen LogP contribution in [-0.2, 0) is 5.41 Å². The normalized spacial score (nSPS) is 12.5. The van der Waals surface area contributed by atoms with Crippen LogP contribution in [0, 0.1) is 0 Å². The number of hydrogen-bond acceptors (Lipinski definition) is 2. The second kappa shape index (κ2) is 14.9. The highest BCUT2D eigenvalue weighted by Crippen LogP contribution is 2.58. The lowest BCUT2D eigenvalue weighted by Crippen LogP contribution is -2.29. The number of fused-ring (bicyclic) bond motifs is 3. The lowest BCUT2D eigenvalue weighted by molar-refractivity contribution is 0.768. The molecule has 0 atom stereocenters. The van der Waals surface area contributed by atoms with Crippen LogP contribution >= 0.6 is 0 Å². The van der Waals surface area contributed by atoms with Crippen LogP contribution in [0.4, 0.5) is 22.7 Å². The first-order valence-electron chi connectivity index (χ1n) is 19.2. The molecule has 56 heavy (non-hydrogen) atoms. The molecule has 8 aromatic rings. The van der Waals surface area contributed by atoms with E-state index < -0.39 is 5.41 Å². The molecule has 0 saturated heterocycles. The summed E-state index contributed by atoms with van der Waals surface area (Å²) >= 11 is 0. The molecule has 8 aromatic carbocycles. The van der Waals surface area contributed by atoms with Crippen LogP contribution in [-0.4, -0.2) is 0 Å². The van der Waals surface area contributed by atoms with Gasteiger partial charge in [-0.15, -0.1) is 0 Å². The third-order valence-corrected chi connectivity index (χ3v) is 10.9. The molecular formula is C54H42N2. The van der Waals surface area contributed by atoms with Crippen molar-refractivity contribution in [1.29, 1.82) is 0 Å². The van der Waals surface area contributed by atoms with Crippen LogP contribution < -0.4 is 10.2 Å². The third kappa shape index (κ3) is 6.22. The molecule has 0 fully saturated rings. The number of rotatable bonds is 10. The van der Waals surface area contributed by atoms with Crippen molar-refractivity contribution in [3.63, 3.8) is 0 Å². The Labute approximate surface area is 330 Å². The van der Waals surface area contributed by atoms with E-state index in [9.17, 15) is 0 Å². The molecule has 2 heteroatoms. The number of nitrogens with one attached hydrogen (secondary N) is 1. The van der Waals surface area contributed by atoms with E-state index in [-0.39, 0.29) is 0 Å². The summed E-state index contributed by atoms with van der Waals surface area (Å²) in [6, 6.07) is 74.8. The quantitative estimate of drug-likeness (QED) is 0.142. The van der Waals surface area contributed by atoms with E-state index in [1.807, 2.05) is 19.1 Å². The van der Waals surface area contributed by atoms with Crippen LogP contribution in [0.25, 0.3) is 33.4 Å². The predicted octanol–water partition coefficient (Wildman–Crippen LogP) is 14.4. The van der Waals surface area contributed by atoms with Gasteiger partial charge in [0.25, 0.3) is 0 Å². The van der Waals surface area contributed by atoms with Gasteiger partial charge in [-0.1, -0.05) is 170 Å². The molecule has 268 valence electrons. The highest BCUT2D eigenvalue weighted by molar-refractivity contribution is 5.91. The van der Waals surface area contributed by atoms with Crippen molar-refractivity contribution in [2.45, 2.75) is 12.3 Å². The fourth-order valence-corrected chi connectivity index (χ4v) is 8.44. The first kappa shape index (κ1) is 34.6. The summed E-state index contributed by atoms with van der Waals surface area (Å²) in [5.74, 6) is 0. The summed E-state index contributed by atoms with van der Waals surface area (Å²) in [4.78, 5) is 2.39. The molecule has 0 amide bonds. The minimum absolute atomic E-state index is 0.581. The Bertz CT molecular complexity index is 2520. The first-order valence-corrected chi connectivity index (χ1v) is 19.2. The molecule has 0 spiro atoms. The summed E-state index contributed by atoms with van der Waals surface area (Å²) in [7, 11) is 0. The molecule has 0 bridgehead atoms. The standard InChI is InChI=1S/C54H42N2/c1-3-16-39(2)55-46-29-35-50-51-36-34-49(38-53(51)54(52(50)37-46,44-21-12-6-13-22-44)45-23-14-7-15-24-45)56(47-30-25-42(26-31-47)40-17-8-4-9-18-40)48-32-27-43(28-33-48)41-19-10-5-11-20-41/h3-38,55H,2H2,1H3/b16-3-. The van der Waals surface area contributed by atoms with E-state index in [0.717, 1.165) is 28.4 Å². The van der Waals surface area contributed by atoms with E-state index >= 15 is 0 Å². The second-order valence-electron chi connectivity index (χ2n) is 14.3. The Balaban J connectivity index is 1.26. The highest BCUT2D eigenvalue weighted by Gasteiger charge is 2.46. The van der Waals surface area contributed by atoms with Gasteiger partial charge >= 0.3 is 0 Å². The van der Waals surface area contributed by atoms with Gasteiger partial charge in [0.05, 0.1) is 5.41 Å². The average molecular weight is 719 g/mol. The van der Waals surface area contributed by atoms with Gasteiger partial charge in [0.2, 0.25) is 0 Å². The van der Waals surface area contributed by atoms with Gasteiger partial charge in [-0.25, -0.2) is 0 Å². The van der Waals surface area contributed by atoms with Crippen LogP contribution in [0.1, 0.15) is 29.2 Å². The van der Waals surface area contributed by atoms with E-state index in [4.69, 9.17) is 0 Å². The monoisotopic (exact) mass is 718 g/mol. The zero-order valence-corrected chi connectivity index (χ0v) is 31.4. The number of hydrogen-bond donors (Lipinski definition) is 1. The fourth-order valence-electron chi connectivity index (χ4n) is 8.44. The Morgan fingerprint density at radius 3 is 1.36 bits per heavy atom. The maximum absolute atomic E-state index is 4.26. The molecule has 1 N–H and O–H groups in total. The summed E-state index contributed by atoms with van der Waals surface area (Å²) in [5, 5.41) is 3.56. The van der Waals surface area contributed by atoms with Crippen LogP contribution in [0.2, 0.25) is 0 Å². The summed E-state index contributed by atoms with van der Waals surface area (Å²) in [5.41, 5.74) is 16.7. The maximum atomic E-state index is 4.26. The van der Waals surface area contributed by atoms with Crippen molar-refractivity contribution in [2.75, 3.05) is 10.2 Å². The summed E-state index contributed by atoms with van der Waals surface area (Å²) in [6.45, 7) is 6.27. The zero-order chi connectivity index (χ0) is 37.9. The van der Waals surface area contributed by atoms with Crippen LogP contribution in [0.3, 0.4) is 0 Å². The molecule has 0 saturated carbocycles. The van der Waals surface area contributed by atoms with Gasteiger partial charge in [0, 0.05) is 28.4 Å². The van der Waals surface area contributed by atoms with Gasteiger partial charge in [0.1, 0.15) is 0 Å². The van der Waals surface area contributed by atoms with Gasteiger partial charge in [0.15, 0.2) is 0 Å². The molecule has 9 rings (SSSR count). The minimum Gasteiger partial charge on any atom is -0.356 e.